The number of hydrogen-bond donors (Lipinski definition) is 2. The van der Waals surface area contributed by atoms with Crippen LogP contribution in [-0.2, 0) is 5.33 Å². The summed E-state index contributed by atoms with van der Waals surface area (Å²) in [4.78, 5) is 13.1. The van der Waals surface area contributed by atoms with Gasteiger partial charge in [0, 0.05) is 10.9 Å². The summed E-state index contributed by atoms with van der Waals surface area (Å²) in [5.74, 6) is 0.117. The summed E-state index contributed by atoms with van der Waals surface area (Å²) < 4.78 is 24.4. The van der Waals surface area contributed by atoms with Gasteiger partial charge in [0.2, 0.25) is 0 Å². The van der Waals surface area contributed by atoms with E-state index in [4.69, 9.17) is 5.73 Å². The molecule has 0 spiro atoms. The van der Waals surface area contributed by atoms with E-state index in [2.05, 4.69) is 20.9 Å². The molecule has 0 amide bonds. The first kappa shape index (κ1) is 10.2. The molecule has 0 fully saturated rings. The van der Waals surface area contributed by atoms with Crippen molar-refractivity contribution in [2.45, 2.75) is 11.8 Å². The largest absolute Gasteiger partial charge is 0.385 e. The van der Waals surface area contributed by atoms with Crippen LogP contribution in [0.4, 0.5) is 14.6 Å². The second-order valence-electron chi connectivity index (χ2n) is 2.43. The Kier molecular flexibility index (Phi) is 3.02. The molecule has 0 saturated carbocycles. The summed E-state index contributed by atoms with van der Waals surface area (Å²) in [7, 11) is 0. The average Bonchev–Trinajstić information content (AvgIpc) is 2.03. The van der Waals surface area contributed by atoms with Crippen LogP contribution in [-0.4, -0.2) is 4.98 Å². The first-order valence-corrected chi connectivity index (χ1v) is 4.54. The minimum Gasteiger partial charge on any atom is -0.385 e. The Bertz CT molecular complexity index is 364. The topological polar surface area (TPSA) is 58.9 Å². The number of nitrogens with one attached hydrogen (secondary N) is 1. The van der Waals surface area contributed by atoms with E-state index in [1.807, 2.05) is 0 Å². The predicted molar refractivity (Wildman–Crippen MR) is 49.1 cm³/mol. The van der Waals surface area contributed by atoms with Crippen molar-refractivity contribution in [2.24, 2.45) is 0 Å². The summed E-state index contributed by atoms with van der Waals surface area (Å²) in [5, 5.41) is 0.329. The molecule has 0 aliphatic heterocycles. The lowest BCUT2D eigenvalue weighted by Gasteiger charge is -2.04. The Morgan fingerprint density at radius 3 is 2.69 bits per heavy atom. The molecule has 0 aromatic carbocycles. The molecule has 6 heteroatoms. The third-order valence-electron chi connectivity index (χ3n) is 1.57. The molecular formula is C7H7BrF2N2O. The van der Waals surface area contributed by atoms with E-state index >= 15 is 0 Å². The van der Waals surface area contributed by atoms with Gasteiger partial charge < -0.3 is 10.7 Å². The van der Waals surface area contributed by atoms with Crippen molar-refractivity contribution < 1.29 is 8.78 Å². The number of anilines is 1. The number of H-pyrrole nitrogens is 1. The van der Waals surface area contributed by atoms with Gasteiger partial charge in [0.25, 0.3) is 12.0 Å². The first-order valence-electron chi connectivity index (χ1n) is 3.42. The Morgan fingerprint density at radius 1 is 1.62 bits per heavy atom. The van der Waals surface area contributed by atoms with Gasteiger partial charge in [0.15, 0.2) is 0 Å². The van der Waals surface area contributed by atoms with E-state index in [-0.39, 0.29) is 5.82 Å². The second-order valence-corrected chi connectivity index (χ2v) is 2.99. The Hall–Kier alpha value is -0.910. The molecule has 1 rings (SSSR count). The number of pyridine rings is 1. The lowest BCUT2D eigenvalue weighted by molar-refractivity contribution is 0.149. The third-order valence-corrected chi connectivity index (χ3v) is 2.17. The second kappa shape index (κ2) is 3.87. The van der Waals surface area contributed by atoms with Crippen LogP contribution in [0.1, 0.15) is 17.6 Å². The molecule has 0 aliphatic rings. The zero-order chi connectivity index (χ0) is 10.0. The molecule has 0 bridgehead atoms. The lowest BCUT2D eigenvalue weighted by Crippen LogP contribution is -2.16. The highest BCUT2D eigenvalue weighted by molar-refractivity contribution is 9.08. The molecule has 0 aliphatic carbocycles. The molecule has 13 heavy (non-hydrogen) atoms. The van der Waals surface area contributed by atoms with Crippen molar-refractivity contribution in [3.8, 4) is 0 Å². The summed E-state index contributed by atoms with van der Waals surface area (Å²) in [6.07, 6.45) is -2.78. The van der Waals surface area contributed by atoms with E-state index in [1.54, 1.807) is 0 Å². The first-order chi connectivity index (χ1) is 6.06. The van der Waals surface area contributed by atoms with Crippen LogP contribution >= 0.6 is 15.9 Å². The van der Waals surface area contributed by atoms with Gasteiger partial charge in [0.1, 0.15) is 5.82 Å². The molecule has 1 heterocycles. The summed E-state index contributed by atoms with van der Waals surface area (Å²) in [5.41, 5.74) is 4.44. The highest BCUT2D eigenvalue weighted by atomic mass is 79.9. The van der Waals surface area contributed by atoms with Gasteiger partial charge in [-0.15, -0.1) is 0 Å². The summed E-state index contributed by atoms with van der Waals surface area (Å²) >= 11 is 3.07. The van der Waals surface area contributed by atoms with Gasteiger partial charge in [-0.25, -0.2) is 8.78 Å². The lowest BCUT2D eigenvalue weighted by atomic mass is 10.2. The number of aromatic amines is 1. The molecule has 72 valence electrons. The van der Waals surface area contributed by atoms with Gasteiger partial charge in [-0.3, -0.25) is 4.79 Å². The smallest absolute Gasteiger partial charge is 0.269 e. The monoisotopic (exact) mass is 252 g/mol. The highest BCUT2D eigenvalue weighted by Gasteiger charge is 2.14. The fourth-order valence-corrected chi connectivity index (χ4v) is 1.34. The normalized spacial score (nSPS) is 10.8. The Morgan fingerprint density at radius 2 is 2.23 bits per heavy atom. The van der Waals surface area contributed by atoms with Crippen LogP contribution in [0, 0.1) is 0 Å². The number of hydrogen-bond acceptors (Lipinski definition) is 2. The molecule has 0 saturated heterocycles. The summed E-state index contributed by atoms with van der Waals surface area (Å²) in [6, 6.07) is 1.10. The SMILES string of the molecule is Nc1[nH]c(=O)c(C(F)F)cc1CBr. The van der Waals surface area contributed by atoms with Crippen molar-refractivity contribution in [3.05, 3.63) is 27.5 Å². The van der Waals surface area contributed by atoms with Crippen molar-refractivity contribution in [1.29, 1.82) is 0 Å². The fraction of sp³-hybridized carbons (Fsp3) is 0.286. The van der Waals surface area contributed by atoms with Gasteiger partial charge in [-0.05, 0) is 6.07 Å². The zero-order valence-electron chi connectivity index (χ0n) is 6.48. The fourth-order valence-electron chi connectivity index (χ4n) is 0.878. The average molecular weight is 253 g/mol. The Labute approximate surface area is 81.1 Å². The maximum atomic E-state index is 12.2. The van der Waals surface area contributed by atoms with E-state index in [9.17, 15) is 13.6 Å². The van der Waals surface area contributed by atoms with Crippen LogP contribution in [0.3, 0.4) is 0 Å². The molecular weight excluding hydrogens is 246 g/mol. The molecule has 0 radical (unpaired) electrons. The van der Waals surface area contributed by atoms with Crippen LogP contribution in [0.5, 0.6) is 0 Å². The molecule has 0 atom stereocenters. The van der Waals surface area contributed by atoms with Crippen LogP contribution in [0.15, 0.2) is 10.9 Å². The van der Waals surface area contributed by atoms with E-state index in [0.717, 1.165) is 6.07 Å². The molecule has 1 aromatic heterocycles. The van der Waals surface area contributed by atoms with E-state index in [0.29, 0.717) is 10.9 Å². The minimum atomic E-state index is -2.78. The van der Waals surface area contributed by atoms with Gasteiger partial charge in [0.05, 0.1) is 5.56 Å². The number of nitrogens with two attached hydrogens (primary N) is 1. The number of nitrogen functional groups attached to an aromatic ring is 1. The van der Waals surface area contributed by atoms with E-state index in [1.165, 1.54) is 0 Å². The molecule has 0 unspecified atom stereocenters. The molecule has 1 aromatic rings. The quantitative estimate of drug-likeness (QED) is 0.789. The molecule has 3 N–H and O–H groups in total. The van der Waals surface area contributed by atoms with Crippen LogP contribution in [0.25, 0.3) is 0 Å². The maximum Gasteiger partial charge on any atom is 0.269 e. The van der Waals surface area contributed by atoms with E-state index < -0.39 is 17.5 Å². The molecule has 3 nitrogen and oxygen atoms in total. The van der Waals surface area contributed by atoms with Crippen LogP contribution in [0.2, 0.25) is 0 Å². The van der Waals surface area contributed by atoms with Crippen molar-refractivity contribution in [3.63, 3.8) is 0 Å². The standard InChI is InChI=1S/C7H7BrF2N2O/c8-2-3-1-4(5(9)10)7(13)12-6(3)11/h1,5H,2H2,(H3,11,12,13). The maximum absolute atomic E-state index is 12.2. The van der Waals surface area contributed by atoms with Gasteiger partial charge in [-0.2, -0.15) is 0 Å². The van der Waals surface area contributed by atoms with Gasteiger partial charge in [-0.1, -0.05) is 15.9 Å². The van der Waals surface area contributed by atoms with Gasteiger partial charge >= 0.3 is 0 Å². The zero-order valence-corrected chi connectivity index (χ0v) is 8.07. The highest BCUT2D eigenvalue weighted by Crippen LogP contribution is 2.19. The third kappa shape index (κ3) is 2.06. The van der Waals surface area contributed by atoms with Crippen molar-refractivity contribution >= 4 is 21.7 Å². The number of alkyl halides is 3. The van der Waals surface area contributed by atoms with Crippen molar-refractivity contribution in [1.82, 2.24) is 4.98 Å². The number of halogens is 3. The Balaban J connectivity index is 3.31. The number of rotatable bonds is 2. The summed E-state index contributed by atoms with van der Waals surface area (Å²) in [6.45, 7) is 0. The van der Waals surface area contributed by atoms with Crippen LogP contribution < -0.4 is 11.3 Å². The number of aromatic nitrogens is 1. The predicted octanol–water partition coefficient (Wildman–Crippen LogP) is 1.79. The van der Waals surface area contributed by atoms with Crippen molar-refractivity contribution in [2.75, 3.05) is 5.73 Å². The minimum absolute atomic E-state index is 0.117.